The molecule has 0 aliphatic carbocycles. The van der Waals surface area contributed by atoms with E-state index in [0.29, 0.717) is 0 Å². The molecule has 2 heteroatoms. The number of carbonyl (C=O) groups excluding carboxylic acids is 1. The molecular weight excluding hydrogens is 264 g/mol. The fourth-order valence-corrected chi connectivity index (χ4v) is 3.16. The average molecular weight is 284 g/mol. The SMILES string of the molecule is Cc1ccc(C(=O)C(C)Sc2cc(C)ccc2C)cc1. The molecule has 0 N–H and O–H groups in total. The third kappa shape index (κ3) is 3.51. The summed E-state index contributed by atoms with van der Waals surface area (Å²) in [6, 6.07) is 14.2. The first-order valence-corrected chi connectivity index (χ1v) is 7.70. The second kappa shape index (κ2) is 6.27. The molecule has 2 aromatic carbocycles. The number of ketones is 1. The Morgan fingerprint density at radius 3 is 2.20 bits per heavy atom. The Morgan fingerprint density at radius 1 is 0.950 bits per heavy atom. The van der Waals surface area contributed by atoms with Crippen LogP contribution in [0.15, 0.2) is 47.4 Å². The third-order valence-electron chi connectivity index (χ3n) is 3.35. The van der Waals surface area contributed by atoms with E-state index in [1.807, 2.05) is 38.1 Å². The van der Waals surface area contributed by atoms with E-state index >= 15 is 0 Å². The highest BCUT2D eigenvalue weighted by molar-refractivity contribution is 8.00. The number of carbonyl (C=O) groups is 1. The minimum atomic E-state index is -0.0711. The molecule has 0 aliphatic rings. The predicted octanol–water partition coefficient (Wildman–Crippen LogP) is 4.98. The van der Waals surface area contributed by atoms with Crippen LogP contribution >= 0.6 is 11.8 Å². The van der Waals surface area contributed by atoms with Gasteiger partial charge in [0.2, 0.25) is 0 Å². The first kappa shape index (κ1) is 14.9. The number of aryl methyl sites for hydroxylation is 3. The van der Waals surface area contributed by atoms with E-state index in [-0.39, 0.29) is 11.0 Å². The smallest absolute Gasteiger partial charge is 0.175 e. The van der Waals surface area contributed by atoms with Gasteiger partial charge in [0.25, 0.3) is 0 Å². The van der Waals surface area contributed by atoms with Crippen molar-refractivity contribution in [2.45, 2.75) is 37.8 Å². The van der Waals surface area contributed by atoms with Gasteiger partial charge >= 0.3 is 0 Å². The lowest BCUT2D eigenvalue weighted by Crippen LogP contribution is -2.13. The van der Waals surface area contributed by atoms with Gasteiger partial charge < -0.3 is 0 Å². The highest BCUT2D eigenvalue weighted by atomic mass is 32.2. The van der Waals surface area contributed by atoms with Gasteiger partial charge in [0.1, 0.15) is 0 Å². The van der Waals surface area contributed by atoms with Crippen molar-refractivity contribution in [3.63, 3.8) is 0 Å². The second-order valence-electron chi connectivity index (χ2n) is 5.26. The van der Waals surface area contributed by atoms with Crippen LogP contribution in [-0.4, -0.2) is 11.0 Å². The summed E-state index contributed by atoms with van der Waals surface area (Å²) in [4.78, 5) is 13.6. The molecule has 0 saturated carbocycles. The van der Waals surface area contributed by atoms with Crippen LogP contribution in [0.25, 0.3) is 0 Å². The summed E-state index contributed by atoms with van der Waals surface area (Å²) < 4.78 is 0. The zero-order valence-corrected chi connectivity index (χ0v) is 13.3. The van der Waals surface area contributed by atoms with Gasteiger partial charge in [0.15, 0.2) is 5.78 Å². The van der Waals surface area contributed by atoms with Crippen molar-refractivity contribution in [2.75, 3.05) is 0 Å². The zero-order chi connectivity index (χ0) is 14.7. The van der Waals surface area contributed by atoms with E-state index in [1.54, 1.807) is 11.8 Å². The lowest BCUT2D eigenvalue weighted by Gasteiger charge is -2.13. The van der Waals surface area contributed by atoms with Crippen molar-refractivity contribution in [3.8, 4) is 0 Å². The number of hydrogen-bond donors (Lipinski definition) is 0. The Morgan fingerprint density at radius 2 is 1.55 bits per heavy atom. The molecule has 0 aromatic heterocycles. The van der Waals surface area contributed by atoms with E-state index in [1.165, 1.54) is 21.6 Å². The largest absolute Gasteiger partial charge is 0.293 e. The highest BCUT2D eigenvalue weighted by Crippen LogP contribution is 2.29. The molecule has 0 fully saturated rings. The minimum absolute atomic E-state index is 0.0711. The lowest BCUT2D eigenvalue weighted by atomic mass is 10.1. The maximum atomic E-state index is 12.4. The van der Waals surface area contributed by atoms with Crippen LogP contribution in [-0.2, 0) is 0 Å². The molecule has 0 bridgehead atoms. The Bertz CT molecular complexity index is 614. The molecule has 1 unspecified atom stereocenters. The summed E-state index contributed by atoms with van der Waals surface area (Å²) >= 11 is 1.64. The van der Waals surface area contributed by atoms with Gasteiger partial charge in [-0.25, -0.2) is 0 Å². The van der Waals surface area contributed by atoms with E-state index in [4.69, 9.17) is 0 Å². The van der Waals surface area contributed by atoms with Gasteiger partial charge in [-0.15, -0.1) is 11.8 Å². The minimum Gasteiger partial charge on any atom is -0.293 e. The van der Waals surface area contributed by atoms with Crippen LogP contribution in [0, 0.1) is 20.8 Å². The maximum absolute atomic E-state index is 12.4. The molecule has 20 heavy (non-hydrogen) atoms. The molecule has 2 aromatic rings. The number of rotatable bonds is 4. The summed E-state index contributed by atoms with van der Waals surface area (Å²) in [7, 11) is 0. The Balaban J connectivity index is 2.15. The molecule has 0 aliphatic heterocycles. The molecule has 0 amide bonds. The van der Waals surface area contributed by atoms with Crippen LogP contribution in [0.1, 0.15) is 34.0 Å². The first-order chi connectivity index (χ1) is 9.47. The second-order valence-corrected chi connectivity index (χ2v) is 6.64. The Hall–Kier alpha value is -1.54. The summed E-state index contributed by atoms with van der Waals surface area (Å²) in [6.45, 7) is 8.18. The summed E-state index contributed by atoms with van der Waals surface area (Å²) in [6.07, 6.45) is 0. The van der Waals surface area contributed by atoms with E-state index < -0.39 is 0 Å². The number of hydrogen-bond acceptors (Lipinski definition) is 2. The molecule has 0 spiro atoms. The summed E-state index contributed by atoms with van der Waals surface area (Å²) in [5.41, 5.74) is 4.43. The van der Waals surface area contributed by atoms with Crippen molar-refractivity contribution in [1.82, 2.24) is 0 Å². The molecule has 0 radical (unpaired) electrons. The van der Waals surface area contributed by atoms with Crippen LogP contribution in [0.2, 0.25) is 0 Å². The Kier molecular flexibility index (Phi) is 4.66. The quantitative estimate of drug-likeness (QED) is 0.582. The van der Waals surface area contributed by atoms with Crippen LogP contribution < -0.4 is 0 Å². The molecule has 1 nitrogen and oxygen atoms in total. The van der Waals surface area contributed by atoms with Crippen molar-refractivity contribution >= 4 is 17.5 Å². The molecule has 2 rings (SSSR count). The molecule has 104 valence electrons. The number of thioether (sulfide) groups is 1. The van der Waals surface area contributed by atoms with E-state index in [9.17, 15) is 4.79 Å². The summed E-state index contributed by atoms with van der Waals surface area (Å²) in [5.74, 6) is 0.191. The van der Waals surface area contributed by atoms with Gasteiger partial charge in [-0.05, 0) is 39.3 Å². The fourth-order valence-electron chi connectivity index (χ4n) is 2.03. The highest BCUT2D eigenvalue weighted by Gasteiger charge is 2.17. The predicted molar refractivity (Wildman–Crippen MR) is 86.7 cm³/mol. The van der Waals surface area contributed by atoms with Crippen molar-refractivity contribution in [3.05, 3.63) is 64.7 Å². The summed E-state index contributed by atoms with van der Waals surface area (Å²) in [5, 5.41) is -0.0711. The molecule has 0 saturated heterocycles. The maximum Gasteiger partial charge on any atom is 0.175 e. The van der Waals surface area contributed by atoms with E-state index in [2.05, 4.69) is 32.0 Å². The normalized spacial score (nSPS) is 12.2. The van der Waals surface area contributed by atoms with Crippen molar-refractivity contribution in [2.24, 2.45) is 0 Å². The Labute approximate surface area is 125 Å². The lowest BCUT2D eigenvalue weighted by molar-refractivity contribution is 0.0994. The topological polar surface area (TPSA) is 17.1 Å². The van der Waals surface area contributed by atoms with Gasteiger partial charge in [0, 0.05) is 10.5 Å². The van der Waals surface area contributed by atoms with Gasteiger partial charge in [-0.2, -0.15) is 0 Å². The van der Waals surface area contributed by atoms with Crippen molar-refractivity contribution in [1.29, 1.82) is 0 Å². The number of benzene rings is 2. The average Bonchev–Trinajstić information content (AvgIpc) is 2.43. The van der Waals surface area contributed by atoms with Crippen LogP contribution in [0.5, 0.6) is 0 Å². The zero-order valence-electron chi connectivity index (χ0n) is 12.4. The molecule has 1 atom stereocenters. The van der Waals surface area contributed by atoms with E-state index in [0.717, 1.165) is 5.56 Å². The van der Waals surface area contributed by atoms with Gasteiger partial charge in [0.05, 0.1) is 5.25 Å². The number of Topliss-reactive ketones (excluding diaryl/α,β-unsaturated/α-hetero) is 1. The van der Waals surface area contributed by atoms with Crippen LogP contribution in [0.3, 0.4) is 0 Å². The van der Waals surface area contributed by atoms with Crippen molar-refractivity contribution < 1.29 is 4.79 Å². The van der Waals surface area contributed by atoms with Gasteiger partial charge in [-0.3, -0.25) is 4.79 Å². The molecule has 0 heterocycles. The van der Waals surface area contributed by atoms with Gasteiger partial charge in [-0.1, -0.05) is 47.5 Å². The first-order valence-electron chi connectivity index (χ1n) is 6.82. The standard InChI is InChI=1S/C18H20OS/c1-12-6-9-16(10-7-12)18(19)15(4)20-17-11-13(2)5-8-14(17)3/h5-11,15H,1-4H3. The monoisotopic (exact) mass is 284 g/mol. The third-order valence-corrected chi connectivity index (χ3v) is 4.61. The fraction of sp³-hybridized carbons (Fsp3) is 0.278. The molecular formula is C18H20OS. The van der Waals surface area contributed by atoms with Crippen LogP contribution in [0.4, 0.5) is 0 Å².